The molecular weight excluding hydrogens is 464 g/mol. The minimum Gasteiger partial charge on any atom is -0.494 e. The van der Waals surface area contributed by atoms with E-state index in [9.17, 15) is 9.59 Å². The normalized spacial score (nSPS) is 15.8. The zero-order valence-electron chi connectivity index (χ0n) is 20.7. The van der Waals surface area contributed by atoms with Gasteiger partial charge < -0.3 is 10.1 Å². The minimum absolute atomic E-state index is 0.227. The number of imidazole rings is 1. The lowest BCUT2D eigenvalue weighted by Crippen LogP contribution is -2.31. The van der Waals surface area contributed by atoms with Crippen LogP contribution in [0.1, 0.15) is 59.2 Å². The summed E-state index contributed by atoms with van der Waals surface area (Å²) in [4.78, 5) is 31.3. The van der Waals surface area contributed by atoms with E-state index in [1.807, 2.05) is 42.5 Å². The Morgan fingerprint density at radius 1 is 0.865 bits per heavy atom. The average molecular weight is 495 g/mol. The number of imide groups is 1. The smallest absolute Gasteiger partial charge is 0.261 e. The van der Waals surface area contributed by atoms with Crippen LogP contribution in [0.5, 0.6) is 5.75 Å². The van der Waals surface area contributed by atoms with E-state index >= 15 is 0 Å². The van der Waals surface area contributed by atoms with Crippen LogP contribution in [-0.2, 0) is 0 Å². The Bertz CT molecular complexity index is 1400. The number of hydrogen-bond donors (Lipinski definition) is 1. The molecule has 3 heterocycles. The van der Waals surface area contributed by atoms with E-state index in [0.717, 1.165) is 28.5 Å². The molecular formula is C30H30N4O3. The van der Waals surface area contributed by atoms with Crippen LogP contribution in [0.4, 0.5) is 5.82 Å². The van der Waals surface area contributed by atoms with Crippen molar-refractivity contribution in [2.75, 3.05) is 18.5 Å². The summed E-state index contributed by atoms with van der Waals surface area (Å²) < 4.78 is 8.06. The number of rotatable bonds is 8. The third-order valence-electron chi connectivity index (χ3n) is 7.28. The van der Waals surface area contributed by atoms with E-state index < -0.39 is 0 Å². The van der Waals surface area contributed by atoms with Gasteiger partial charge in [-0.15, -0.1) is 0 Å². The Morgan fingerprint density at radius 3 is 2.30 bits per heavy atom. The molecule has 1 fully saturated rings. The van der Waals surface area contributed by atoms with Crippen molar-refractivity contribution in [1.29, 1.82) is 0 Å². The van der Waals surface area contributed by atoms with Gasteiger partial charge in [0.2, 0.25) is 0 Å². The number of pyridine rings is 1. The Labute approximate surface area is 216 Å². The van der Waals surface area contributed by atoms with Crippen LogP contribution < -0.4 is 10.1 Å². The van der Waals surface area contributed by atoms with Gasteiger partial charge in [0.25, 0.3) is 11.8 Å². The summed E-state index contributed by atoms with van der Waals surface area (Å²) in [6.07, 6.45) is 8.85. The van der Waals surface area contributed by atoms with Crippen molar-refractivity contribution in [3.8, 4) is 17.0 Å². The van der Waals surface area contributed by atoms with E-state index in [4.69, 9.17) is 9.72 Å². The summed E-state index contributed by atoms with van der Waals surface area (Å²) in [6, 6.07) is 21.5. The van der Waals surface area contributed by atoms with Crippen LogP contribution in [0, 0.1) is 0 Å². The third-order valence-corrected chi connectivity index (χ3v) is 7.28. The summed E-state index contributed by atoms with van der Waals surface area (Å²) >= 11 is 0. The van der Waals surface area contributed by atoms with Crippen molar-refractivity contribution in [1.82, 2.24) is 14.3 Å². The molecule has 0 unspecified atom stereocenters. The van der Waals surface area contributed by atoms with Crippen molar-refractivity contribution < 1.29 is 14.3 Å². The second-order valence-corrected chi connectivity index (χ2v) is 9.75. The van der Waals surface area contributed by atoms with Crippen LogP contribution in [0.15, 0.2) is 72.9 Å². The summed E-state index contributed by atoms with van der Waals surface area (Å²) in [5.41, 5.74) is 3.85. The predicted octanol–water partition coefficient (Wildman–Crippen LogP) is 5.81. The van der Waals surface area contributed by atoms with Gasteiger partial charge >= 0.3 is 0 Å². The number of fused-ring (bicyclic) bond motifs is 2. The maximum absolute atomic E-state index is 12.5. The number of hydrogen-bond acceptors (Lipinski definition) is 5. The van der Waals surface area contributed by atoms with E-state index in [-0.39, 0.29) is 11.8 Å². The number of nitrogens with zero attached hydrogens (tertiary/aromatic N) is 3. The number of carbonyl (C=O) groups excluding carboxylic acids is 2. The topological polar surface area (TPSA) is 75.9 Å². The minimum atomic E-state index is -0.227. The second kappa shape index (κ2) is 10.1. The molecule has 1 aliphatic carbocycles. The molecule has 188 valence electrons. The molecule has 0 radical (unpaired) electrons. The molecule has 0 atom stereocenters. The first-order valence-electron chi connectivity index (χ1n) is 13.1. The van der Waals surface area contributed by atoms with Gasteiger partial charge in [0.05, 0.1) is 17.7 Å². The van der Waals surface area contributed by atoms with E-state index in [1.54, 1.807) is 24.3 Å². The van der Waals surface area contributed by atoms with Gasteiger partial charge in [-0.25, -0.2) is 4.98 Å². The highest BCUT2D eigenvalue weighted by molar-refractivity contribution is 6.21. The van der Waals surface area contributed by atoms with Crippen molar-refractivity contribution in [2.24, 2.45) is 0 Å². The molecule has 0 bridgehead atoms. The first-order valence-corrected chi connectivity index (χ1v) is 13.1. The molecule has 2 aromatic carbocycles. The second-order valence-electron chi connectivity index (χ2n) is 9.75. The van der Waals surface area contributed by atoms with Gasteiger partial charge in [0, 0.05) is 24.3 Å². The monoisotopic (exact) mass is 494 g/mol. The van der Waals surface area contributed by atoms with Crippen molar-refractivity contribution >= 4 is 23.3 Å². The quantitative estimate of drug-likeness (QED) is 0.247. The molecule has 37 heavy (non-hydrogen) atoms. The Morgan fingerprint density at radius 2 is 1.57 bits per heavy atom. The molecule has 0 saturated heterocycles. The van der Waals surface area contributed by atoms with Crippen molar-refractivity contribution in [2.45, 2.75) is 44.6 Å². The van der Waals surface area contributed by atoms with Gasteiger partial charge in [0.15, 0.2) is 0 Å². The molecule has 7 heteroatoms. The van der Waals surface area contributed by atoms with Gasteiger partial charge in [-0.1, -0.05) is 37.5 Å². The van der Waals surface area contributed by atoms with Gasteiger partial charge in [-0.3, -0.25) is 18.9 Å². The first-order chi connectivity index (χ1) is 18.2. The standard InChI is InChI=1S/C30H30N4O3/c35-29-24-11-4-5-12-25(24)30(36)34(29)19-8-20-37-23-16-14-21(15-17-23)27-28(31-22-9-2-1-3-10-22)33-18-7-6-13-26(33)32-27/h4-7,11-18,22,31H,1-3,8-10,19-20H2. The number of anilines is 1. The number of aromatic nitrogens is 2. The zero-order chi connectivity index (χ0) is 25.2. The molecule has 1 saturated carbocycles. The third kappa shape index (κ3) is 4.57. The van der Waals surface area contributed by atoms with Crippen LogP contribution in [0.25, 0.3) is 16.9 Å². The molecule has 4 aromatic rings. The summed E-state index contributed by atoms with van der Waals surface area (Å²) in [5.74, 6) is 1.33. The predicted molar refractivity (Wildman–Crippen MR) is 143 cm³/mol. The van der Waals surface area contributed by atoms with Gasteiger partial charge in [0.1, 0.15) is 22.9 Å². The lowest BCUT2D eigenvalue weighted by molar-refractivity contribution is 0.0646. The highest BCUT2D eigenvalue weighted by Crippen LogP contribution is 2.32. The fourth-order valence-electron chi connectivity index (χ4n) is 5.34. The van der Waals surface area contributed by atoms with E-state index in [2.05, 4.69) is 15.9 Å². The van der Waals surface area contributed by atoms with Crippen LogP contribution in [0.3, 0.4) is 0 Å². The summed E-state index contributed by atoms with van der Waals surface area (Å²) in [6.45, 7) is 0.747. The Kier molecular flexibility index (Phi) is 6.35. The lowest BCUT2D eigenvalue weighted by atomic mass is 9.95. The molecule has 6 rings (SSSR count). The first kappa shape index (κ1) is 23.3. The highest BCUT2D eigenvalue weighted by Gasteiger charge is 2.34. The molecule has 0 spiro atoms. The molecule has 1 aliphatic heterocycles. The molecule has 2 aromatic heterocycles. The number of benzene rings is 2. The van der Waals surface area contributed by atoms with E-state index in [0.29, 0.717) is 36.7 Å². The van der Waals surface area contributed by atoms with Crippen LogP contribution >= 0.6 is 0 Å². The fraction of sp³-hybridized carbons (Fsp3) is 0.300. The zero-order valence-corrected chi connectivity index (χ0v) is 20.7. The Hall–Kier alpha value is -4.13. The number of amides is 2. The number of nitrogens with one attached hydrogen (secondary N) is 1. The van der Waals surface area contributed by atoms with Crippen molar-refractivity contribution in [3.05, 3.63) is 84.1 Å². The number of carbonyl (C=O) groups is 2. The molecule has 1 N–H and O–H groups in total. The highest BCUT2D eigenvalue weighted by atomic mass is 16.5. The Balaban J connectivity index is 1.10. The largest absolute Gasteiger partial charge is 0.494 e. The van der Waals surface area contributed by atoms with Crippen LogP contribution in [-0.4, -0.2) is 45.3 Å². The van der Waals surface area contributed by atoms with Gasteiger partial charge in [-0.2, -0.15) is 0 Å². The van der Waals surface area contributed by atoms with Crippen LogP contribution in [0.2, 0.25) is 0 Å². The van der Waals surface area contributed by atoms with Crippen molar-refractivity contribution in [3.63, 3.8) is 0 Å². The summed E-state index contributed by atoms with van der Waals surface area (Å²) in [7, 11) is 0. The average Bonchev–Trinajstić information content (AvgIpc) is 3.42. The SMILES string of the molecule is O=C1c2ccccc2C(=O)N1CCCOc1ccc(-c2nc3ccccn3c2NC2CCCCC2)cc1. The maximum atomic E-state index is 12.5. The lowest BCUT2D eigenvalue weighted by Gasteiger charge is -2.24. The maximum Gasteiger partial charge on any atom is 0.261 e. The molecule has 7 nitrogen and oxygen atoms in total. The molecule has 2 aliphatic rings. The number of ether oxygens (including phenoxy) is 1. The van der Waals surface area contributed by atoms with Gasteiger partial charge in [-0.05, 0) is 67.8 Å². The molecule has 2 amide bonds. The van der Waals surface area contributed by atoms with E-state index in [1.165, 1.54) is 37.0 Å². The fourth-order valence-corrected chi connectivity index (χ4v) is 5.34. The summed E-state index contributed by atoms with van der Waals surface area (Å²) in [5, 5.41) is 3.78.